The minimum absolute atomic E-state index is 0.122. The minimum atomic E-state index is -4.51. The minimum Gasteiger partial charge on any atom is -0.396 e. The van der Waals surface area contributed by atoms with Gasteiger partial charge in [-0.05, 0) is 33.0 Å². The van der Waals surface area contributed by atoms with Crippen molar-refractivity contribution in [3.63, 3.8) is 0 Å². The highest BCUT2D eigenvalue weighted by Crippen LogP contribution is 2.32. The van der Waals surface area contributed by atoms with E-state index < -0.39 is 11.9 Å². The van der Waals surface area contributed by atoms with Crippen LogP contribution in [0.15, 0.2) is 23.8 Å². The Morgan fingerprint density at radius 1 is 1.19 bits per heavy atom. The van der Waals surface area contributed by atoms with Crippen LogP contribution in [0.25, 0.3) is 16.4 Å². The number of hydrogen-bond acceptors (Lipinski definition) is 6. The van der Waals surface area contributed by atoms with E-state index in [1.54, 1.807) is 13.8 Å². The van der Waals surface area contributed by atoms with E-state index in [2.05, 4.69) is 15.7 Å². The maximum absolute atomic E-state index is 12.7. The third kappa shape index (κ3) is 5.82. The molecule has 0 radical (unpaired) electrons. The van der Waals surface area contributed by atoms with Crippen molar-refractivity contribution in [1.82, 2.24) is 9.97 Å². The molecule has 0 fully saturated rings. The predicted octanol–water partition coefficient (Wildman–Crippen LogP) is 4.35. The lowest BCUT2D eigenvalue weighted by molar-refractivity contribution is -0.141. The number of aryl methyl sites for hydroxylation is 1. The molecule has 2 heterocycles. The van der Waals surface area contributed by atoms with Gasteiger partial charge in [0, 0.05) is 4.88 Å². The standard InChI is InChI=1S/C14H11F3N4S.C2H6.CH5N/c1-7(6-18)11(19)12-8(2)22-13(21-12)9-4-3-5-10(20-9)14(15,16)17;2*1-2/h3-5H,19H2,1-2H3;1-2H3;2H2,1H3/b11-7+;;. The third-order valence-corrected chi connectivity index (χ3v) is 3.88. The first-order valence-electron chi connectivity index (χ1n) is 7.70. The summed E-state index contributed by atoms with van der Waals surface area (Å²) in [5, 5.41) is 9.18. The molecule has 0 aliphatic carbocycles. The number of aromatic nitrogens is 2. The average Bonchev–Trinajstić information content (AvgIpc) is 3.05. The van der Waals surface area contributed by atoms with Crippen LogP contribution in [-0.2, 0) is 6.18 Å². The van der Waals surface area contributed by atoms with E-state index in [0.29, 0.717) is 21.2 Å². The number of nitrogens with zero attached hydrogens (tertiary/aromatic N) is 3. The van der Waals surface area contributed by atoms with Crippen molar-refractivity contribution < 1.29 is 13.2 Å². The highest BCUT2D eigenvalue weighted by atomic mass is 32.1. The number of hydrogen-bond donors (Lipinski definition) is 2. The van der Waals surface area contributed by atoms with Crippen LogP contribution in [0.4, 0.5) is 13.2 Å². The molecule has 0 amide bonds. The van der Waals surface area contributed by atoms with Gasteiger partial charge >= 0.3 is 6.18 Å². The van der Waals surface area contributed by atoms with Gasteiger partial charge in [0.2, 0.25) is 0 Å². The largest absolute Gasteiger partial charge is 0.433 e. The molecule has 2 aromatic rings. The van der Waals surface area contributed by atoms with E-state index in [1.807, 2.05) is 19.9 Å². The molecule has 142 valence electrons. The maximum Gasteiger partial charge on any atom is 0.433 e. The lowest BCUT2D eigenvalue weighted by atomic mass is 10.2. The van der Waals surface area contributed by atoms with Gasteiger partial charge in [-0.1, -0.05) is 19.9 Å². The molecule has 2 rings (SSSR count). The highest BCUT2D eigenvalue weighted by Gasteiger charge is 2.32. The van der Waals surface area contributed by atoms with Gasteiger partial charge in [0.25, 0.3) is 0 Å². The first kappa shape index (κ1) is 23.6. The Kier molecular flexibility index (Phi) is 9.54. The first-order valence-corrected chi connectivity index (χ1v) is 8.52. The number of halogens is 3. The van der Waals surface area contributed by atoms with Crippen LogP contribution in [0.2, 0.25) is 0 Å². The number of nitriles is 1. The summed E-state index contributed by atoms with van der Waals surface area (Å²) in [4.78, 5) is 8.53. The number of allylic oxidation sites excluding steroid dienone is 1. The molecule has 0 bridgehead atoms. The molecule has 9 heteroatoms. The second-order valence-corrected chi connectivity index (χ2v) is 5.68. The second kappa shape index (κ2) is 10.5. The van der Waals surface area contributed by atoms with E-state index in [0.717, 1.165) is 6.07 Å². The topological polar surface area (TPSA) is 102 Å². The molecule has 26 heavy (non-hydrogen) atoms. The van der Waals surface area contributed by atoms with Crippen molar-refractivity contribution >= 4 is 17.0 Å². The fourth-order valence-electron chi connectivity index (χ4n) is 1.71. The lowest BCUT2D eigenvalue weighted by Crippen LogP contribution is -2.08. The van der Waals surface area contributed by atoms with Crippen LogP contribution in [-0.4, -0.2) is 17.0 Å². The number of thiazole rings is 1. The monoisotopic (exact) mass is 385 g/mol. The van der Waals surface area contributed by atoms with Crippen molar-refractivity contribution in [2.75, 3.05) is 7.05 Å². The summed E-state index contributed by atoms with van der Waals surface area (Å²) < 4.78 is 38.1. The van der Waals surface area contributed by atoms with Crippen molar-refractivity contribution in [1.29, 1.82) is 5.26 Å². The van der Waals surface area contributed by atoms with Crippen LogP contribution >= 0.6 is 11.3 Å². The zero-order valence-electron chi connectivity index (χ0n) is 15.3. The van der Waals surface area contributed by atoms with Crippen LogP contribution in [0.3, 0.4) is 0 Å². The van der Waals surface area contributed by atoms with E-state index in [1.165, 1.54) is 30.5 Å². The van der Waals surface area contributed by atoms with Crippen LogP contribution in [0.1, 0.15) is 37.0 Å². The molecule has 0 aliphatic heterocycles. The molecule has 4 N–H and O–H groups in total. The summed E-state index contributed by atoms with van der Waals surface area (Å²) in [7, 11) is 1.50. The fourth-order valence-corrected chi connectivity index (χ4v) is 2.60. The molecule has 0 spiro atoms. The van der Waals surface area contributed by atoms with Gasteiger partial charge in [0.05, 0.1) is 23.0 Å². The summed E-state index contributed by atoms with van der Waals surface area (Å²) in [5.74, 6) is 0. The zero-order chi connectivity index (χ0) is 20.5. The number of pyridine rings is 1. The molecule has 0 aliphatic rings. The van der Waals surface area contributed by atoms with Crippen LogP contribution in [0.5, 0.6) is 0 Å². The predicted molar refractivity (Wildman–Crippen MR) is 98.9 cm³/mol. The maximum atomic E-state index is 12.7. The number of alkyl halides is 3. The highest BCUT2D eigenvalue weighted by molar-refractivity contribution is 7.15. The molecule has 0 saturated carbocycles. The molecule has 2 aromatic heterocycles. The SMILES string of the molecule is C/C(C#N)=C(\N)c1nc(-c2cccc(C(F)(F)F)n2)sc1C.CC.CN. The van der Waals surface area contributed by atoms with Gasteiger partial charge in [-0.2, -0.15) is 18.4 Å². The molecular weight excluding hydrogens is 363 g/mol. The normalized spacial score (nSPS) is 11.2. The summed E-state index contributed by atoms with van der Waals surface area (Å²) in [6, 6.07) is 5.56. The van der Waals surface area contributed by atoms with Gasteiger partial charge < -0.3 is 11.5 Å². The quantitative estimate of drug-likeness (QED) is 0.749. The van der Waals surface area contributed by atoms with Crippen LogP contribution < -0.4 is 11.5 Å². The molecule has 0 atom stereocenters. The fraction of sp³-hybridized carbons (Fsp3) is 0.353. The third-order valence-electron chi connectivity index (χ3n) is 2.88. The Morgan fingerprint density at radius 2 is 1.77 bits per heavy atom. The Bertz CT molecular complexity index is 788. The van der Waals surface area contributed by atoms with Gasteiger partial charge in [-0.25, -0.2) is 9.97 Å². The smallest absolute Gasteiger partial charge is 0.396 e. The first-order chi connectivity index (χ1) is 12.2. The van der Waals surface area contributed by atoms with Gasteiger partial charge in [0.1, 0.15) is 16.4 Å². The molecule has 0 saturated heterocycles. The van der Waals surface area contributed by atoms with Crippen molar-refractivity contribution in [2.45, 2.75) is 33.9 Å². The van der Waals surface area contributed by atoms with E-state index in [4.69, 9.17) is 11.0 Å². The Balaban J connectivity index is 0.00000146. The van der Waals surface area contributed by atoms with Crippen LogP contribution in [0, 0.1) is 18.3 Å². The summed E-state index contributed by atoms with van der Waals surface area (Å²) >= 11 is 1.18. The summed E-state index contributed by atoms with van der Waals surface area (Å²) in [5.41, 5.74) is 10.4. The number of nitrogens with two attached hydrogens (primary N) is 2. The van der Waals surface area contributed by atoms with E-state index >= 15 is 0 Å². The second-order valence-electron chi connectivity index (χ2n) is 4.48. The number of rotatable bonds is 2. The lowest BCUT2D eigenvalue weighted by Gasteiger charge is -2.06. The van der Waals surface area contributed by atoms with Crippen molar-refractivity contribution in [2.24, 2.45) is 11.5 Å². The Morgan fingerprint density at radius 3 is 2.27 bits per heavy atom. The van der Waals surface area contributed by atoms with Crippen molar-refractivity contribution in [3.05, 3.63) is 40.0 Å². The summed E-state index contributed by atoms with van der Waals surface area (Å²) in [6.45, 7) is 7.29. The summed E-state index contributed by atoms with van der Waals surface area (Å²) in [6.07, 6.45) is -4.51. The van der Waals surface area contributed by atoms with Gasteiger partial charge in [0.15, 0.2) is 0 Å². The van der Waals surface area contributed by atoms with Gasteiger partial charge in [-0.3, -0.25) is 0 Å². The Labute approximate surface area is 155 Å². The van der Waals surface area contributed by atoms with E-state index in [-0.39, 0.29) is 11.4 Å². The van der Waals surface area contributed by atoms with Gasteiger partial charge in [-0.15, -0.1) is 11.3 Å². The molecular formula is C17H22F3N5S. The van der Waals surface area contributed by atoms with E-state index in [9.17, 15) is 13.2 Å². The Hall–Kier alpha value is -2.44. The molecule has 0 unspecified atom stereocenters. The molecule has 5 nitrogen and oxygen atoms in total. The van der Waals surface area contributed by atoms with Crippen molar-refractivity contribution in [3.8, 4) is 16.8 Å². The molecule has 0 aromatic carbocycles. The average molecular weight is 385 g/mol. The zero-order valence-corrected chi connectivity index (χ0v) is 16.1.